The summed E-state index contributed by atoms with van der Waals surface area (Å²) >= 11 is 0. The molecule has 0 bridgehead atoms. The normalized spacial score (nSPS) is 10.9. The molecule has 1 aromatic heterocycles. The number of H-pyrrole nitrogens is 1. The average molecular weight is 247 g/mol. The fraction of sp³-hybridized carbons (Fsp3) is 0. The van der Waals surface area contributed by atoms with E-state index in [-0.39, 0.29) is 0 Å². The number of hydrogen-bond acceptors (Lipinski definition) is 2. The summed E-state index contributed by atoms with van der Waals surface area (Å²) in [5, 5.41) is 6.79. The molecule has 3 rings (SSSR count). The van der Waals surface area contributed by atoms with Gasteiger partial charge in [0.2, 0.25) is 0 Å². The first-order valence-corrected chi connectivity index (χ1v) is 6.11. The number of aromatic nitrogens is 3. The highest BCUT2D eigenvalue weighted by Crippen LogP contribution is 2.21. The molecule has 1 heterocycles. The second-order valence-electron chi connectivity index (χ2n) is 4.17. The number of rotatable bonds is 3. The third-order valence-corrected chi connectivity index (χ3v) is 2.89. The van der Waals surface area contributed by atoms with Gasteiger partial charge in [0.15, 0.2) is 5.82 Å². The van der Waals surface area contributed by atoms with Gasteiger partial charge in [-0.25, -0.2) is 4.98 Å². The highest BCUT2D eigenvalue weighted by Gasteiger charge is 2.03. The van der Waals surface area contributed by atoms with Crippen LogP contribution in [0.25, 0.3) is 23.5 Å². The minimum Gasteiger partial charge on any atom is -0.259 e. The molecule has 0 aliphatic heterocycles. The first kappa shape index (κ1) is 11.4. The molecular weight excluding hydrogens is 234 g/mol. The summed E-state index contributed by atoms with van der Waals surface area (Å²) < 4.78 is 0. The standard InChI is InChI=1S/C16H13N3/c1-2-6-13(7-3-1)10-11-14-8-4-5-9-15(14)16-17-12-18-19-16/h1-12H,(H,17,18,19). The molecule has 2 aromatic carbocycles. The Morgan fingerprint density at radius 2 is 1.63 bits per heavy atom. The number of nitrogens with one attached hydrogen (secondary N) is 1. The van der Waals surface area contributed by atoms with Crippen LogP contribution in [0.2, 0.25) is 0 Å². The van der Waals surface area contributed by atoms with Gasteiger partial charge in [0.25, 0.3) is 0 Å². The molecule has 0 aliphatic carbocycles. The van der Waals surface area contributed by atoms with E-state index in [1.165, 1.54) is 11.9 Å². The van der Waals surface area contributed by atoms with Gasteiger partial charge in [0.05, 0.1) is 0 Å². The van der Waals surface area contributed by atoms with Crippen LogP contribution in [0, 0.1) is 0 Å². The molecule has 0 fully saturated rings. The Kier molecular flexibility index (Phi) is 3.19. The molecule has 0 saturated carbocycles. The van der Waals surface area contributed by atoms with Crippen LogP contribution in [0.4, 0.5) is 0 Å². The van der Waals surface area contributed by atoms with E-state index in [4.69, 9.17) is 0 Å². The van der Waals surface area contributed by atoms with E-state index in [9.17, 15) is 0 Å². The molecule has 3 heteroatoms. The van der Waals surface area contributed by atoms with E-state index in [1.807, 2.05) is 36.4 Å². The fourth-order valence-corrected chi connectivity index (χ4v) is 1.94. The fourth-order valence-electron chi connectivity index (χ4n) is 1.94. The molecule has 1 N–H and O–H groups in total. The van der Waals surface area contributed by atoms with Gasteiger partial charge in [0.1, 0.15) is 6.33 Å². The first-order valence-electron chi connectivity index (χ1n) is 6.11. The zero-order chi connectivity index (χ0) is 12.9. The van der Waals surface area contributed by atoms with Crippen molar-refractivity contribution < 1.29 is 0 Å². The minimum absolute atomic E-state index is 0.785. The lowest BCUT2D eigenvalue weighted by molar-refractivity contribution is 1.09. The van der Waals surface area contributed by atoms with E-state index >= 15 is 0 Å². The lowest BCUT2D eigenvalue weighted by atomic mass is 10.1. The summed E-state index contributed by atoms with van der Waals surface area (Å²) in [7, 11) is 0. The Labute approximate surface area is 111 Å². The van der Waals surface area contributed by atoms with Crippen LogP contribution in [0.15, 0.2) is 60.9 Å². The summed E-state index contributed by atoms with van der Waals surface area (Å²) in [6, 6.07) is 18.3. The molecule has 0 aliphatic rings. The molecule has 0 amide bonds. The Hall–Kier alpha value is -2.68. The molecule has 3 nitrogen and oxygen atoms in total. The molecule has 0 spiro atoms. The Morgan fingerprint density at radius 3 is 2.42 bits per heavy atom. The summed E-state index contributed by atoms with van der Waals surface area (Å²) in [6.07, 6.45) is 5.70. The van der Waals surface area contributed by atoms with Crippen molar-refractivity contribution in [2.24, 2.45) is 0 Å². The van der Waals surface area contributed by atoms with Crippen LogP contribution in [-0.2, 0) is 0 Å². The van der Waals surface area contributed by atoms with Crippen LogP contribution >= 0.6 is 0 Å². The average Bonchev–Trinajstić information content (AvgIpc) is 3.01. The summed E-state index contributed by atoms with van der Waals surface area (Å²) in [5.74, 6) is 0.785. The Balaban J connectivity index is 1.96. The third-order valence-electron chi connectivity index (χ3n) is 2.89. The maximum absolute atomic E-state index is 4.20. The van der Waals surface area contributed by atoms with Crippen molar-refractivity contribution in [3.8, 4) is 11.4 Å². The monoisotopic (exact) mass is 247 g/mol. The smallest absolute Gasteiger partial charge is 0.156 e. The number of nitrogens with zero attached hydrogens (tertiary/aromatic N) is 2. The van der Waals surface area contributed by atoms with Gasteiger partial charge in [-0.1, -0.05) is 66.7 Å². The van der Waals surface area contributed by atoms with Gasteiger partial charge in [-0.3, -0.25) is 5.10 Å². The minimum atomic E-state index is 0.785. The zero-order valence-electron chi connectivity index (χ0n) is 10.3. The summed E-state index contributed by atoms with van der Waals surface area (Å²) in [6.45, 7) is 0. The van der Waals surface area contributed by atoms with E-state index in [0.717, 1.165) is 17.0 Å². The predicted octanol–water partition coefficient (Wildman–Crippen LogP) is 3.64. The van der Waals surface area contributed by atoms with Crippen molar-refractivity contribution in [1.82, 2.24) is 15.2 Å². The van der Waals surface area contributed by atoms with Crippen molar-refractivity contribution in [1.29, 1.82) is 0 Å². The molecule has 0 unspecified atom stereocenters. The number of hydrogen-bond donors (Lipinski definition) is 1. The first-order chi connectivity index (χ1) is 9.43. The van der Waals surface area contributed by atoms with Crippen LogP contribution in [0.5, 0.6) is 0 Å². The highest BCUT2D eigenvalue weighted by molar-refractivity contribution is 5.78. The van der Waals surface area contributed by atoms with Crippen LogP contribution in [-0.4, -0.2) is 15.2 Å². The van der Waals surface area contributed by atoms with Crippen LogP contribution < -0.4 is 0 Å². The van der Waals surface area contributed by atoms with Gasteiger partial charge in [-0.05, 0) is 11.1 Å². The van der Waals surface area contributed by atoms with Crippen molar-refractivity contribution in [2.45, 2.75) is 0 Å². The van der Waals surface area contributed by atoms with E-state index in [1.54, 1.807) is 0 Å². The molecule has 19 heavy (non-hydrogen) atoms. The zero-order valence-corrected chi connectivity index (χ0v) is 10.3. The van der Waals surface area contributed by atoms with Crippen LogP contribution in [0.3, 0.4) is 0 Å². The Morgan fingerprint density at radius 1 is 0.842 bits per heavy atom. The van der Waals surface area contributed by atoms with Gasteiger partial charge in [-0.15, -0.1) is 0 Å². The molecule has 92 valence electrons. The van der Waals surface area contributed by atoms with Gasteiger partial charge in [-0.2, -0.15) is 5.10 Å². The van der Waals surface area contributed by atoms with Gasteiger partial charge < -0.3 is 0 Å². The topological polar surface area (TPSA) is 41.6 Å². The lowest BCUT2D eigenvalue weighted by Gasteiger charge is -2.02. The molecule has 0 radical (unpaired) electrons. The highest BCUT2D eigenvalue weighted by atomic mass is 15.2. The molecular formula is C16H13N3. The van der Waals surface area contributed by atoms with Crippen molar-refractivity contribution in [2.75, 3.05) is 0 Å². The number of aromatic amines is 1. The van der Waals surface area contributed by atoms with Crippen LogP contribution in [0.1, 0.15) is 11.1 Å². The lowest BCUT2D eigenvalue weighted by Crippen LogP contribution is -1.85. The quantitative estimate of drug-likeness (QED) is 0.718. The number of benzene rings is 2. The molecule has 0 atom stereocenters. The van der Waals surface area contributed by atoms with E-state index in [0.29, 0.717) is 0 Å². The van der Waals surface area contributed by atoms with Crippen molar-refractivity contribution in [3.05, 3.63) is 72.1 Å². The molecule has 0 saturated heterocycles. The van der Waals surface area contributed by atoms with E-state index < -0.39 is 0 Å². The maximum Gasteiger partial charge on any atom is 0.156 e. The SMILES string of the molecule is C(=Cc1ccccc1-c1ncn[nH]1)c1ccccc1. The summed E-state index contributed by atoms with van der Waals surface area (Å²) in [5.41, 5.74) is 3.34. The second-order valence-corrected chi connectivity index (χ2v) is 4.17. The van der Waals surface area contributed by atoms with Crippen molar-refractivity contribution >= 4 is 12.2 Å². The molecule has 3 aromatic rings. The Bertz CT molecular complexity index is 670. The van der Waals surface area contributed by atoms with Gasteiger partial charge in [0, 0.05) is 5.56 Å². The predicted molar refractivity (Wildman–Crippen MR) is 77.2 cm³/mol. The second kappa shape index (κ2) is 5.31. The third kappa shape index (κ3) is 2.60. The van der Waals surface area contributed by atoms with Gasteiger partial charge >= 0.3 is 0 Å². The largest absolute Gasteiger partial charge is 0.259 e. The maximum atomic E-state index is 4.20. The van der Waals surface area contributed by atoms with E-state index in [2.05, 4.69) is 45.5 Å². The van der Waals surface area contributed by atoms with Crippen molar-refractivity contribution in [3.63, 3.8) is 0 Å². The summed E-state index contributed by atoms with van der Waals surface area (Å²) in [4.78, 5) is 4.20.